The van der Waals surface area contributed by atoms with Gasteiger partial charge in [-0.3, -0.25) is 0 Å². The summed E-state index contributed by atoms with van der Waals surface area (Å²) >= 11 is 0. The van der Waals surface area contributed by atoms with Gasteiger partial charge in [-0.05, 0) is 30.7 Å². The maximum absolute atomic E-state index is 10.5. The van der Waals surface area contributed by atoms with Crippen LogP contribution in [0.3, 0.4) is 0 Å². The summed E-state index contributed by atoms with van der Waals surface area (Å²) in [4.78, 5) is 10.5. The third-order valence-corrected chi connectivity index (χ3v) is 5.24. The lowest BCUT2D eigenvalue weighted by Crippen LogP contribution is -2.42. The van der Waals surface area contributed by atoms with Crippen LogP contribution in [0.2, 0.25) is 6.04 Å². The SMILES string of the molecule is CO[Si](CCCC=C(C)C(=O)O)(OC)OC.[SiH4]. The third kappa shape index (κ3) is 6.74. The maximum atomic E-state index is 10.5. The summed E-state index contributed by atoms with van der Waals surface area (Å²) in [5, 5.41) is 8.65. The van der Waals surface area contributed by atoms with Crippen LogP contribution >= 0.6 is 0 Å². The Hall–Kier alpha value is -0.476. The van der Waals surface area contributed by atoms with Crippen molar-refractivity contribution < 1.29 is 23.2 Å². The van der Waals surface area contributed by atoms with Crippen molar-refractivity contribution >= 4 is 25.7 Å². The van der Waals surface area contributed by atoms with Gasteiger partial charge in [0.15, 0.2) is 0 Å². The first-order chi connectivity index (χ1) is 7.51. The molecule has 5 nitrogen and oxygen atoms in total. The molecule has 0 heterocycles. The van der Waals surface area contributed by atoms with E-state index in [-0.39, 0.29) is 11.0 Å². The highest BCUT2D eigenvalue weighted by Crippen LogP contribution is 2.16. The molecule has 0 aromatic carbocycles. The zero-order chi connectivity index (χ0) is 12.6. The molecule has 0 unspecified atom stereocenters. The van der Waals surface area contributed by atoms with Crippen molar-refractivity contribution in [3.05, 3.63) is 11.6 Å². The van der Waals surface area contributed by atoms with E-state index in [1.807, 2.05) is 0 Å². The van der Waals surface area contributed by atoms with Crippen LogP contribution in [0.15, 0.2) is 11.6 Å². The summed E-state index contributed by atoms with van der Waals surface area (Å²) in [6.45, 7) is 1.58. The zero-order valence-corrected chi connectivity index (χ0v) is 11.3. The van der Waals surface area contributed by atoms with Crippen LogP contribution < -0.4 is 0 Å². The summed E-state index contributed by atoms with van der Waals surface area (Å²) in [7, 11) is 2.21. The molecule has 0 aromatic heterocycles. The van der Waals surface area contributed by atoms with Crippen LogP contribution in [0.5, 0.6) is 0 Å². The minimum absolute atomic E-state index is 0. The molecule has 0 radical (unpaired) electrons. The second-order valence-corrected chi connectivity index (χ2v) is 6.47. The molecule has 0 aliphatic carbocycles. The largest absolute Gasteiger partial charge is 0.500 e. The Morgan fingerprint density at radius 1 is 1.24 bits per heavy atom. The first kappa shape index (κ1) is 18.9. The molecule has 102 valence electrons. The fraction of sp³-hybridized carbons (Fsp3) is 0.700. The molecule has 0 aromatic rings. The first-order valence-corrected chi connectivity index (χ1v) is 7.00. The first-order valence-electron chi connectivity index (χ1n) is 5.07. The Kier molecular flexibility index (Phi) is 10.6. The van der Waals surface area contributed by atoms with Gasteiger partial charge in [0.2, 0.25) is 0 Å². The summed E-state index contributed by atoms with van der Waals surface area (Å²) in [6, 6.07) is 0.680. The molecule has 0 aliphatic rings. The number of carboxylic acids is 1. The number of hydrogen-bond acceptors (Lipinski definition) is 4. The highest BCUT2D eigenvalue weighted by Gasteiger charge is 2.36. The van der Waals surface area contributed by atoms with Gasteiger partial charge in [-0.15, -0.1) is 0 Å². The molecule has 0 atom stereocenters. The van der Waals surface area contributed by atoms with Gasteiger partial charge in [-0.25, -0.2) is 4.79 Å². The van der Waals surface area contributed by atoms with E-state index in [1.54, 1.807) is 34.3 Å². The highest BCUT2D eigenvalue weighted by molar-refractivity contribution is 6.60. The normalized spacial score (nSPS) is 12.1. The van der Waals surface area contributed by atoms with E-state index in [1.165, 1.54) is 0 Å². The minimum Gasteiger partial charge on any atom is -0.478 e. The molecule has 1 N–H and O–H groups in total. The van der Waals surface area contributed by atoms with Gasteiger partial charge in [0, 0.05) is 32.9 Å². The van der Waals surface area contributed by atoms with Crippen LogP contribution in [-0.2, 0) is 18.1 Å². The average molecular weight is 280 g/mol. The van der Waals surface area contributed by atoms with E-state index in [0.29, 0.717) is 18.0 Å². The Morgan fingerprint density at radius 2 is 1.71 bits per heavy atom. The van der Waals surface area contributed by atoms with Crippen LogP contribution in [0, 0.1) is 0 Å². The average Bonchev–Trinajstić information content (AvgIpc) is 2.30. The Bertz CT molecular complexity index is 243. The highest BCUT2D eigenvalue weighted by atomic mass is 28.4. The van der Waals surface area contributed by atoms with Crippen molar-refractivity contribution in [3.63, 3.8) is 0 Å². The Labute approximate surface area is 108 Å². The molecular weight excluding hydrogens is 256 g/mol. The lowest BCUT2D eigenvalue weighted by atomic mass is 10.2. The van der Waals surface area contributed by atoms with E-state index in [0.717, 1.165) is 6.42 Å². The quantitative estimate of drug-likeness (QED) is 0.391. The lowest BCUT2D eigenvalue weighted by molar-refractivity contribution is -0.132. The lowest BCUT2D eigenvalue weighted by Gasteiger charge is -2.23. The monoisotopic (exact) mass is 280 g/mol. The van der Waals surface area contributed by atoms with Gasteiger partial charge in [0.25, 0.3) is 0 Å². The molecule has 0 bridgehead atoms. The number of carboxylic acid groups (broad SMARTS) is 1. The van der Waals surface area contributed by atoms with E-state index in [2.05, 4.69) is 0 Å². The van der Waals surface area contributed by atoms with Crippen LogP contribution in [0.1, 0.15) is 19.8 Å². The summed E-state index contributed by atoms with van der Waals surface area (Å²) < 4.78 is 15.7. The van der Waals surface area contributed by atoms with Crippen molar-refractivity contribution in [1.29, 1.82) is 0 Å². The van der Waals surface area contributed by atoms with Gasteiger partial charge in [0.05, 0.1) is 0 Å². The van der Waals surface area contributed by atoms with Crippen molar-refractivity contribution in [1.82, 2.24) is 0 Å². The smallest absolute Gasteiger partial charge is 0.478 e. The van der Waals surface area contributed by atoms with Gasteiger partial charge in [0.1, 0.15) is 0 Å². The number of unbranched alkanes of at least 4 members (excludes halogenated alkanes) is 1. The number of allylic oxidation sites excluding steroid dienone is 1. The Morgan fingerprint density at radius 3 is 2.06 bits per heavy atom. The van der Waals surface area contributed by atoms with Gasteiger partial charge >= 0.3 is 14.8 Å². The standard InChI is InChI=1S/C10H20O5Si.H4Si/c1-9(10(11)12)7-5-6-8-16(13-2,14-3)15-4;/h7H,5-6,8H2,1-4H3,(H,11,12);1H4. The molecular formula is C10H24O5Si2. The molecule has 0 amide bonds. The molecule has 0 saturated heterocycles. The predicted octanol–water partition coefficient (Wildman–Crippen LogP) is 0.224. The van der Waals surface area contributed by atoms with Crippen molar-refractivity contribution in [2.75, 3.05) is 21.3 Å². The second kappa shape index (κ2) is 9.54. The zero-order valence-electron chi connectivity index (χ0n) is 10.3. The van der Waals surface area contributed by atoms with Crippen LogP contribution in [0.25, 0.3) is 0 Å². The van der Waals surface area contributed by atoms with Crippen molar-refractivity contribution in [2.24, 2.45) is 0 Å². The fourth-order valence-corrected chi connectivity index (χ4v) is 3.03. The van der Waals surface area contributed by atoms with Gasteiger partial charge < -0.3 is 18.4 Å². The summed E-state index contributed by atoms with van der Waals surface area (Å²) in [6.07, 6.45) is 3.16. The molecule has 0 fully saturated rings. The molecule has 0 rings (SSSR count). The molecule has 17 heavy (non-hydrogen) atoms. The van der Waals surface area contributed by atoms with Crippen molar-refractivity contribution in [2.45, 2.75) is 25.8 Å². The van der Waals surface area contributed by atoms with E-state index in [4.69, 9.17) is 18.4 Å². The van der Waals surface area contributed by atoms with E-state index in [9.17, 15) is 4.79 Å². The van der Waals surface area contributed by atoms with E-state index < -0.39 is 14.8 Å². The summed E-state index contributed by atoms with van der Waals surface area (Å²) in [5.41, 5.74) is 0.361. The van der Waals surface area contributed by atoms with Gasteiger partial charge in [-0.1, -0.05) is 6.08 Å². The predicted molar refractivity (Wildman–Crippen MR) is 73.5 cm³/mol. The molecule has 0 saturated carbocycles. The van der Waals surface area contributed by atoms with Gasteiger partial charge in [-0.2, -0.15) is 0 Å². The number of carbonyl (C=O) groups is 1. The maximum Gasteiger partial charge on any atom is 0.500 e. The number of rotatable bonds is 8. The molecule has 0 aliphatic heterocycles. The van der Waals surface area contributed by atoms with Crippen LogP contribution in [0.4, 0.5) is 0 Å². The van der Waals surface area contributed by atoms with Crippen molar-refractivity contribution in [3.8, 4) is 0 Å². The Balaban J connectivity index is 0. The van der Waals surface area contributed by atoms with E-state index >= 15 is 0 Å². The summed E-state index contributed by atoms with van der Waals surface area (Å²) in [5.74, 6) is -0.881. The fourth-order valence-electron chi connectivity index (χ4n) is 1.28. The van der Waals surface area contributed by atoms with Crippen LogP contribution in [-0.4, -0.2) is 52.2 Å². The second-order valence-electron chi connectivity index (χ2n) is 3.38. The molecule has 7 heteroatoms. The number of aliphatic carboxylic acids is 1. The molecule has 0 spiro atoms. The topological polar surface area (TPSA) is 65.0 Å². The minimum atomic E-state index is -2.49. The number of hydrogen-bond donors (Lipinski definition) is 1. The third-order valence-electron chi connectivity index (χ3n) is 2.41.